The van der Waals surface area contributed by atoms with Crippen molar-refractivity contribution in [3.8, 4) is 0 Å². The average molecular weight is 449 g/mol. The smallest absolute Gasteiger partial charge is 0.330 e. The summed E-state index contributed by atoms with van der Waals surface area (Å²) in [5.41, 5.74) is 5.97. The number of carbonyl (C=O) groups excluding carboxylic acids is 1. The predicted molar refractivity (Wildman–Crippen MR) is 124 cm³/mol. The summed E-state index contributed by atoms with van der Waals surface area (Å²) >= 11 is 0. The van der Waals surface area contributed by atoms with Crippen molar-refractivity contribution in [1.29, 1.82) is 0 Å². The zero-order chi connectivity index (χ0) is 19.8. The van der Waals surface area contributed by atoms with Crippen LogP contribution in [0.4, 0.5) is 0 Å². The number of nitrogens with two attached hydrogens (primary N) is 1. The van der Waals surface area contributed by atoms with E-state index in [1.54, 1.807) is 0 Å². The summed E-state index contributed by atoms with van der Waals surface area (Å²) in [6.07, 6.45) is 18.2. The molecule has 0 rings (SSSR count). The molecule has 0 aliphatic heterocycles. The standard InChI is InChI=1S/C23H45NO2.BrH/c1-6-8-9-10-11-12-13-14-15-16-17-18-19-21(23(4,5)24)20(3)26-22(25)7-2;/h7,20-21H,2,6,8-19,24H2,1,3-5H3;1H. The summed E-state index contributed by atoms with van der Waals surface area (Å²) in [5, 5.41) is 0. The molecule has 0 radical (unpaired) electrons. The lowest BCUT2D eigenvalue weighted by Crippen LogP contribution is -2.47. The largest absolute Gasteiger partial charge is 0.459 e. The highest BCUT2D eigenvalue weighted by molar-refractivity contribution is 8.93. The molecule has 0 aliphatic rings. The Morgan fingerprint density at radius 3 is 1.74 bits per heavy atom. The highest BCUT2D eigenvalue weighted by Gasteiger charge is 2.31. The Kier molecular flexibility index (Phi) is 18.9. The summed E-state index contributed by atoms with van der Waals surface area (Å²) < 4.78 is 5.41. The number of rotatable bonds is 17. The Labute approximate surface area is 179 Å². The lowest BCUT2D eigenvalue weighted by molar-refractivity contribution is -0.145. The van der Waals surface area contributed by atoms with Crippen molar-refractivity contribution in [2.45, 2.75) is 123 Å². The fourth-order valence-corrected chi connectivity index (χ4v) is 3.73. The zero-order valence-corrected chi connectivity index (χ0v) is 20.1. The molecule has 0 spiro atoms. The van der Waals surface area contributed by atoms with E-state index in [0.717, 1.165) is 12.8 Å². The number of unbranched alkanes of at least 4 members (excludes halogenated alkanes) is 11. The van der Waals surface area contributed by atoms with E-state index >= 15 is 0 Å². The molecule has 0 amide bonds. The minimum Gasteiger partial charge on any atom is -0.459 e. The first-order chi connectivity index (χ1) is 12.3. The van der Waals surface area contributed by atoms with E-state index in [1.807, 2.05) is 20.8 Å². The van der Waals surface area contributed by atoms with Crippen LogP contribution < -0.4 is 5.73 Å². The monoisotopic (exact) mass is 447 g/mol. The van der Waals surface area contributed by atoms with E-state index in [-0.39, 0.29) is 40.5 Å². The SMILES string of the molecule is Br.C=CC(=O)OC(C)C(CCCCCCCCCCCCCC)C(C)(C)N. The van der Waals surface area contributed by atoms with E-state index < -0.39 is 0 Å². The summed E-state index contributed by atoms with van der Waals surface area (Å²) in [6, 6.07) is 0. The van der Waals surface area contributed by atoms with Crippen LogP contribution in [-0.2, 0) is 9.53 Å². The second-order valence-electron chi connectivity index (χ2n) is 8.45. The summed E-state index contributed by atoms with van der Waals surface area (Å²) in [7, 11) is 0. The van der Waals surface area contributed by atoms with Crippen LogP contribution in [-0.4, -0.2) is 17.6 Å². The van der Waals surface area contributed by atoms with Gasteiger partial charge in [-0.05, 0) is 27.2 Å². The number of halogens is 1. The van der Waals surface area contributed by atoms with Crippen molar-refractivity contribution in [2.75, 3.05) is 0 Å². The Balaban J connectivity index is 0. The highest BCUT2D eigenvalue weighted by Crippen LogP contribution is 2.26. The Morgan fingerprint density at radius 1 is 0.963 bits per heavy atom. The van der Waals surface area contributed by atoms with E-state index in [2.05, 4.69) is 13.5 Å². The van der Waals surface area contributed by atoms with E-state index in [1.165, 1.54) is 76.7 Å². The van der Waals surface area contributed by atoms with Gasteiger partial charge < -0.3 is 10.5 Å². The van der Waals surface area contributed by atoms with Crippen LogP contribution in [0, 0.1) is 5.92 Å². The molecule has 0 aromatic heterocycles. The molecule has 162 valence electrons. The zero-order valence-electron chi connectivity index (χ0n) is 18.4. The fourth-order valence-electron chi connectivity index (χ4n) is 3.73. The van der Waals surface area contributed by atoms with Crippen LogP contribution in [0.1, 0.15) is 111 Å². The second kappa shape index (κ2) is 17.7. The number of hydrogen-bond acceptors (Lipinski definition) is 3. The third kappa shape index (κ3) is 16.3. The molecule has 0 aromatic carbocycles. The molecule has 2 atom stereocenters. The number of ether oxygens (including phenoxy) is 1. The molecule has 0 heterocycles. The highest BCUT2D eigenvalue weighted by atomic mass is 79.9. The minimum atomic E-state index is -0.360. The van der Waals surface area contributed by atoms with Gasteiger partial charge in [-0.15, -0.1) is 17.0 Å². The van der Waals surface area contributed by atoms with Crippen molar-refractivity contribution in [3.05, 3.63) is 12.7 Å². The van der Waals surface area contributed by atoms with Crippen molar-refractivity contribution >= 4 is 23.0 Å². The first kappa shape index (κ1) is 28.9. The quantitative estimate of drug-likeness (QED) is 0.146. The third-order valence-corrected chi connectivity index (χ3v) is 5.36. The van der Waals surface area contributed by atoms with Crippen molar-refractivity contribution in [2.24, 2.45) is 11.7 Å². The van der Waals surface area contributed by atoms with Crippen LogP contribution in [0.15, 0.2) is 12.7 Å². The molecule has 0 aliphatic carbocycles. The average Bonchev–Trinajstić information content (AvgIpc) is 2.57. The molecule has 27 heavy (non-hydrogen) atoms. The van der Waals surface area contributed by atoms with Gasteiger partial charge in [-0.1, -0.05) is 90.6 Å². The van der Waals surface area contributed by atoms with E-state index in [4.69, 9.17) is 10.5 Å². The second-order valence-corrected chi connectivity index (χ2v) is 8.45. The van der Waals surface area contributed by atoms with Gasteiger partial charge in [0.05, 0.1) is 0 Å². The van der Waals surface area contributed by atoms with Crippen molar-refractivity contribution < 1.29 is 9.53 Å². The maximum Gasteiger partial charge on any atom is 0.330 e. The van der Waals surface area contributed by atoms with Gasteiger partial charge >= 0.3 is 5.97 Å². The van der Waals surface area contributed by atoms with Crippen LogP contribution in [0.3, 0.4) is 0 Å². The number of hydrogen-bond donors (Lipinski definition) is 1. The Morgan fingerprint density at radius 2 is 1.37 bits per heavy atom. The summed E-state index contributed by atoms with van der Waals surface area (Å²) in [5.74, 6) is -0.184. The third-order valence-electron chi connectivity index (χ3n) is 5.36. The molecular formula is C23H46BrNO2. The summed E-state index contributed by atoms with van der Waals surface area (Å²) in [6.45, 7) is 11.7. The Bertz CT molecular complexity index is 366. The molecule has 4 heteroatoms. The molecule has 0 saturated carbocycles. The maximum absolute atomic E-state index is 11.4. The lowest BCUT2D eigenvalue weighted by atomic mass is 9.80. The van der Waals surface area contributed by atoms with Gasteiger partial charge in [0.2, 0.25) is 0 Å². The minimum absolute atomic E-state index is 0. The molecule has 2 unspecified atom stereocenters. The number of carbonyl (C=O) groups is 1. The van der Waals surface area contributed by atoms with Gasteiger partial charge in [0.1, 0.15) is 6.10 Å². The molecule has 0 fully saturated rings. The predicted octanol–water partition coefficient (Wildman–Crippen LogP) is 7.13. The van der Waals surface area contributed by atoms with E-state index in [0.29, 0.717) is 0 Å². The normalized spacial score (nSPS) is 13.5. The summed E-state index contributed by atoms with van der Waals surface area (Å²) in [4.78, 5) is 11.4. The first-order valence-electron chi connectivity index (χ1n) is 10.9. The van der Waals surface area contributed by atoms with Gasteiger partial charge in [-0.25, -0.2) is 4.79 Å². The van der Waals surface area contributed by atoms with Crippen LogP contribution in [0.5, 0.6) is 0 Å². The molecule has 0 saturated heterocycles. The first-order valence-corrected chi connectivity index (χ1v) is 10.9. The van der Waals surface area contributed by atoms with Crippen LogP contribution in [0.2, 0.25) is 0 Å². The van der Waals surface area contributed by atoms with Gasteiger partial charge in [0.15, 0.2) is 0 Å². The van der Waals surface area contributed by atoms with Gasteiger partial charge in [-0.3, -0.25) is 0 Å². The maximum atomic E-state index is 11.4. The molecule has 0 aromatic rings. The van der Waals surface area contributed by atoms with E-state index in [9.17, 15) is 4.79 Å². The van der Waals surface area contributed by atoms with Crippen molar-refractivity contribution in [1.82, 2.24) is 0 Å². The molecular weight excluding hydrogens is 402 g/mol. The van der Waals surface area contributed by atoms with Gasteiger partial charge in [0.25, 0.3) is 0 Å². The van der Waals surface area contributed by atoms with Gasteiger partial charge in [-0.2, -0.15) is 0 Å². The lowest BCUT2D eigenvalue weighted by Gasteiger charge is -2.34. The topological polar surface area (TPSA) is 52.3 Å². The Hall–Kier alpha value is -0.350. The van der Waals surface area contributed by atoms with Gasteiger partial charge in [0, 0.05) is 17.5 Å². The van der Waals surface area contributed by atoms with Crippen LogP contribution in [0.25, 0.3) is 0 Å². The van der Waals surface area contributed by atoms with Crippen LogP contribution >= 0.6 is 17.0 Å². The molecule has 0 bridgehead atoms. The number of esters is 1. The molecule has 2 N–H and O–H groups in total. The van der Waals surface area contributed by atoms with Crippen molar-refractivity contribution in [3.63, 3.8) is 0 Å². The molecule has 3 nitrogen and oxygen atoms in total. The fraction of sp³-hybridized carbons (Fsp3) is 0.870.